The molecule has 5 amide bonds. The number of rotatable bonds is 23. The molecule has 0 saturated carbocycles. The number of methoxy groups -OCH3 is 7. The molecule has 0 radical (unpaired) electrons. The van der Waals surface area contributed by atoms with Crippen molar-refractivity contribution >= 4 is 104 Å². The van der Waals surface area contributed by atoms with Crippen LogP contribution in [-0.4, -0.2) is 225 Å². The fourth-order valence-corrected chi connectivity index (χ4v) is 19.4. The number of anilines is 15. The minimum absolute atomic E-state index is 0.0255. The maximum atomic E-state index is 14.7. The zero-order valence-corrected chi connectivity index (χ0v) is 81.5. The van der Waals surface area contributed by atoms with E-state index >= 15 is 0 Å². The van der Waals surface area contributed by atoms with Crippen LogP contribution >= 0.6 is 0 Å². The van der Waals surface area contributed by atoms with Crippen LogP contribution in [0.1, 0.15) is 97.9 Å². The molecule has 0 bridgehead atoms. The fourth-order valence-electron chi connectivity index (χ4n) is 19.4. The van der Waals surface area contributed by atoms with Crippen molar-refractivity contribution in [2.24, 2.45) is 0 Å². The monoisotopic (exact) mass is 1850 g/mol. The van der Waals surface area contributed by atoms with E-state index in [9.17, 15) is 14.4 Å². The number of fused-ring (bicyclic) bond motifs is 3. The molecule has 137 heavy (non-hydrogen) atoms. The summed E-state index contributed by atoms with van der Waals surface area (Å²) in [5, 5.41) is 6.66. The summed E-state index contributed by atoms with van der Waals surface area (Å²) in [7, 11) is 17.8. The van der Waals surface area contributed by atoms with Crippen LogP contribution in [0.4, 0.5) is 95.7 Å². The second-order valence-electron chi connectivity index (χ2n) is 36.1. The van der Waals surface area contributed by atoms with Gasteiger partial charge in [-0.1, -0.05) is 60.7 Å². The van der Waals surface area contributed by atoms with Gasteiger partial charge < -0.3 is 83.0 Å². The lowest BCUT2D eigenvalue weighted by Crippen LogP contribution is -2.46. The van der Waals surface area contributed by atoms with Crippen molar-refractivity contribution in [2.75, 3.05) is 217 Å². The quantitative estimate of drug-likeness (QED) is 0.0603. The lowest BCUT2D eigenvalue weighted by Gasteiger charge is -2.37. The molecule has 0 aliphatic carbocycles. The highest BCUT2D eigenvalue weighted by atomic mass is 16.5. The molecular weight excluding hydrogens is 1730 g/mol. The Balaban J connectivity index is 0.000000143. The van der Waals surface area contributed by atoms with E-state index in [4.69, 9.17) is 53.1 Å². The smallest absolute Gasteiger partial charge is 0.335 e. The van der Waals surface area contributed by atoms with Gasteiger partial charge in [0, 0.05) is 197 Å². The Morgan fingerprint density at radius 3 is 1.23 bits per heavy atom. The van der Waals surface area contributed by atoms with Gasteiger partial charge in [0.15, 0.2) is 11.6 Å². The first-order chi connectivity index (χ1) is 66.5. The molecular formula is C107H124N20O10. The fraction of sp³-hybridized carbons (Fsp3) is 0.355. The van der Waals surface area contributed by atoms with Crippen LogP contribution in [0.15, 0.2) is 188 Å². The highest BCUT2D eigenvalue weighted by molar-refractivity contribution is 6.13. The maximum absolute atomic E-state index is 14.7. The Bertz CT molecular complexity index is 6330. The molecule has 3 aromatic heterocycles. The van der Waals surface area contributed by atoms with Gasteiger partial charge in [0.1, 0.15) is 52.0 Å². The number of nitrogens with one attached hydrogen (secondary N) is 2. The van der Waals surface area contributed by atoms with Crippen molar-refractivity contribution in [3.05, 3.63) is 261 Å². The van der Waals surface area contributed by atoms with Crippen molar-refractivity contribution in [3.8, 4) is 40.2 Å². The SMILES string of the molecule is COc1ccc(C2C(=O)N(c3c(C)cccc3C)Cc3cnc(Cc4cc(N5CCCCC5)cc(N5CCN(C)CC5)c4)nc32)c(OC)c1.COc1ccc(N2C(=O)N(c3c(C)cccc3C)Cc3cnc(Nc4ccc(N5CCN(C)CC5)cc4)nc32)c(OC)c1.COc1ccc(N2C(=O)N(c3c(C)cccc3C)Cc3cnc(Nc4ccc(N5CCN(C)CC5)cc4OC)nc32)c(OC)c1. The minimum atomic E-state index is -0.661. The van der Waals surface area contributed by atoms with E-state index in [2.05, 4.69) is 138 Å². The van der Waals surface area contributed by atoms with E-state index in [1.807, 2.05) is 142 Å². The summed E-state index contributed by atoms with van der Waals surface area (Å²) >= 11 is 0. The van der Waals surface area contributed by atoms with E-state index in [-0.39, 0.29) is 18.0 Å². The number of hydrogen-bond acceptors (Lipinski definition) is 25. The van der Waals surface area contributed by atoms with Gasteiger partial charge in [0.25, 0.3) is 0 Å². The molecule has 4 saturated heterocycles. The van der Waals surface area contributed by atoms with E-state index in [1.54, 1.807) is 100.0 Å². The molecule has 30 heteroatoms. The third-order valence-corrected chi connectivity index (χ3v) is 27.0. The van der Waals surface area contributed by atoms with Crippen molar-refractivity contribution in [1.82, 2.24) is 44.6 Å². The number of aromatic nitrogens is 6. The van der Waals surface area contributed by atoms with Crippen molar-refractivity contribution in [1.29, 1.82) is 0 Å². The number of ether oxygens (including phenoxy) is 7. The number of para-hydroxylation sites is 3. The lowest BCUT2D eigenvalue weighted by molar-refractivity contribution is -0.119. The van der Waals surface area contributed by atoms with Gasteiger partial charge in [-0.25, -0.2) is 39.3 Å². The Kier molecular flexibility index (Phi) is 28.8. The maximum Gasteiger partial charge on any atom is 0.335 e. The van der Waals surface area contributed by atoms with Crippen LogP contribution in [0.25, 0.3) is 0 Å². The van der Waals surface area contributed by atoms with Gasteiger partial charge in [0.05, 0.1) is 104 Å². The number of piperazine rings is 3. The molecule has 10 heterocycles. The van der Waals surface area contributed by atoms with Gasteiger partial charge in [-0.3, -0.25) is 14.6 Å². The number of nitrogens with zero attached hydrogens (tertiary/aromatic N) is 18. The highest BCUT2D eigenvalue weighted by Gasteiger charge is 2.43. The second kappa shape index (κ2) is 41.8. The predicted molar refractivity (Wildman–Crippen MR) is 543 cm³/mol. The molecule has 2 N–H and O–H groups in total. The number of carbonyl (C=O) groups is 3. The molecule has 7 aliphatic heterocycles. The molecule has 7 aliphatic rings. The summed E-state index contributed by atoms with van der Waals surface area (Å²) in [6.07, 6.45) is 9.83. The summed E-state index contributed by atoms with van der Waals surface area (Å²) in [5.41, 5.74) is 21.6. The largest absolute Gasteiger partial charge is 0.497 e. The molecule has 0 spiro atoms. The van der Waals surface area contributed by atoms with Crippen LogP contribution in [0.5, 0.6) is 40.2 Å². The number of likely N-dealkylation sites (N-methyl/N-ethyl adjacent to an activating group) is 3. The summed E-state index contributed by atoms with van der Waals surface area (Å²) in [4.78, 5) is 98.3. The predicted octanol–water partition coefficient (Wildman–Crippen LogP) is 17.9. The van der Waals surface area contributed by atoms with Crippen LogP contribution < -0.4 is 87.9 Å². The topological polar surface area (TPSA) is 256 Å². The zero-order chi connectivity index (χ0) is 95.8. The third-order valence-electron chi connectivity index (χ3n) is 27.0. The Labute approximate surface area is 803 Å². The lowest BCUT2D eigenvalue weighted by atomic mass is 9.86. The number of hydrogen-bond donors (Lipinski definition) is 2. The van der Waals surface area contributed by atoms with E-state index < -0.39 is 5.92 Å². The van der Waals surface area contributed by atoms with E-state index in [0.29, 0.717) is 107 Å². The molecule has 12 aromatic rings. The van der Waals surface area contributed by atoms with Gasteiger partial charge in [0.2, 0.25) is 17.8 Å². The van der Waals surface area contributed by atoms with Crippen molar-refractivity contribution in [3.63, 3.8) is 0 Å². The van der Waals surface area contributed by atoms with Crippen molar-refractivity contribution < 1.29 is 47.5 Å². The van der Waals surface area contributed by atoms with Crippen LogP contribution in [0.2, 0.25) is 0 Å². The number of piperidine rings is 1. The van der Waals surface area contributed by atoms with Crippen LogP contribution in [-0.2, 0) is 30.8 Å². The first kappa shape index (κ1) is 94.3. The summed E-state index contributed by atoms with van der Waals surface area (Å²) < 4.78 is 39.5. The average molecular weight is 1850 g/mol. The number of benzene rings is 9. The molecule has 19 rings (SSSR count). The average Bonchev–Trinajstić information content (AvgIpc) is 0.752. The number of aryl methyl sites for hydroxylation is 6. The molecule has 9 aromatic carbocycles. The summed E-state index contributed by atoms with van der Waals surface area (Å²) in [5.74, 6) is 5.90. The number of urea groups is 2. The van der Waals surface area contributed by atoms with Gasteiger partial charge >= 0.3 is 12.1 Å². The molecule has 1 unspecified atom stereocenters. The summed E-state index contributed by atoms with van der Waals surface area (Å²) in [6, 6.07) is 55.6. The van der Waals surface area contributed by atoms with Crippen molar-refractivity contribution in [2.45, 2.75) is 92.8 Å². The first-order valence-corrected chi connectivity index (χ1v) is 47.0. The van der Waals surface area contributed by atoms with Gasteiger partial charge in [-0.15, -0.1) is 0 Å². The standard InChI is InChI=1S/C40H48N6O3.C34H39N7O4.C33H37N7O3/c1-27-10-9-11-28(2)39(27)46-26-30-25-41-36(42-38(30)37(40(46)47)34-13-12-33(48-4)24-35(34)49-5)22-29-20-31(44-14-7-6-8-15-44)23-32(21-29)45-18-16-43(3)17-19-45;1-22-8-7-9-23(2)31(22)40-21-24-20-35-33(36-27-12-10-25(18-29(27)44-5)39-16-14-38(3)15-17-39)37-32(24)41(34(40)42)28-13-11-26(43-4)19-30(28)45-6;1-22-7-6-8-23(2)30(22)39-21-24-20-34-32(35-25-9-11-26(12-10-25)38-17-15-37(3)16-18-38)36-31(24)40(33(39)41)28-14-13-27(42-4)19-29(28)43-5/h9-13,20-21,23-25,37H,6-8,14-19,22,26H2,1-5H3;7-13,18-20H,14-17,21H2,1-6H3,(H,35,36,37);6-14,19-20H,15-18,21H2,1-5H3,(H,34,35,36). The third kappa shape index (κ3) is 20.3. The van der Waals surface area contributed by atoms with E-state index in [1.165, 1.54) is 41.9 Å². The summed E-state index contributed by atoms with van der Waals surface area (Å²) in [6.45, 7) is 27.6. The van der Waals surface area contributed by atoms with Gasteiger partial charge in [-0.05, 0) is 206 Å². The Hall–Kier alpha value is -14.5. The Morgan fingerprint density at radius 1 is 0.358 bits per heavy atom. The van der Waals surface area contributed by atoms with Crippen LogP contribution in [0.3, 0.4) is 0 Å². The molecule has 30 nitrogen and oxygen atoms in total. The number of amides is 5. The molecule has 4 fully saturated rings. The second-order valence-corrected chi connectivity index (χ2v) is 36.1. The molecule has 1 atom stereocenters. The zero-order valence-electron chi connectivity index (χ0n) is 81.5. The minimum Gasteiger partial charge on any atom is -0.497 e. The highest BCUT2D eigenvalue weighted by Crippen LogP contribution is 2.48. The van der Waals surface area contributed by atoms with Gasteiger partial charge in [-0.2, -0.15) is 9.97 Å². The Morgan fingerprint density at radius 2 is 0.766 bits per heavy atom. The van der Waals surface area contributed by atoms with Crippen LogP contribution in [0, 0.1) is 41.5 Å². The number of carbonyl (C=O) groups excluding carboxylic acids is 3. The normalized spacial score (nSPS) is 16.4. The molecule has 712 valence electrons. The first-order valence-electron chi connectivity index (χ1n) is 47.0. The van der Waals surface area contributed by atoms with E-state index in [0.717, 1.165) is 187 Å².